The number of tetrazole rings is 1. The molecule has 32 heavy (non-hydrogen) atoms. The Morgan fingerprint density at radius 1 is 0.719 bits per heavy atom. The molecule has 0 aliphatic carbocycles. The molecule has 0 fully saturated rings. The number of hydrogen-bond donors (Lipinski definition) is 1. The van der Waals surface area contributed by atoms with Crippen LogP contribution in [0.15, 0.2) is 97.1 Å². The van der Waals surface area contributed by atoms with Gasteiger partial charge in [-0.3, -0.25) is 0 Å². The second kappa shape index (κ2) is 8.81. The van der Waals surface area contributed by atoms with E-state index in [0.29, 0.717) is 18.0 Å². The third kappa shape index (κ3) is 4.11. The first-order valence-electron chi connectivity index (χ1n) is 10.2. The minimum absolute atomic E-state index is 0.342. The zero-order valence-corrected chi connectivity index (χ0v) is 17.1. The van der Waals surface area contributed by atoms with Crippen molar-refractivity contribution in [1.29, 1.82) is 0 Å². The van der Waals surface area contributed by atoms with Crippen molar-refractivity contribution in [3.63, 3.8) is 0 Å². The molecule has 0 atom stereocenters. The summed E-state index contributed by atoms with van der Waals surface area (Å²) in [6.07, 6.45) is 0. The summed E-state index contributed by atoms with van der Waals surface area (Å²) >= 11 is 0. The van der Waals surface area contributed by atoms with E-state index in [1.807, 2.05) is 84.9 Å². The molecule has 1 heterocycles. The second-order valence-corrected chi connectivity index (χ2v) is 7.28. The van der Waals surface area contributed by atoms with Crippen LogP contribution in [0.3, 0.4) is 0 Å². The van der Waals surface area contributed by atoms with Gasteiger partial charge in [0.2, 0.25) is 5.82 Å². The monoisotopic (exact) mass is 422 g/mol. The summed E-state index contributed by atoms with van der Waals surface area (Å²) in [5.41, 5.74) is 5.12. The van der Waals surface area contributed by atoms with Crippen LogP contribution in [0.5, 0.6) is 5.75 Å². The number of para-hydroxylation sites is 1. The normalized spacial score (nSPS) is 10.8. The SMILES string of the molecule is Fc1cc(-c2nn[nH]n2)cc(-c2ccccc2-c2ccccc2OCc2ccccc2)c1. The molecular formula is C26H19FN4O. The molecule has 5 aromatic rings. The Balaban J connectivity index is 1.56. The Morgan fingerprint density at radius 3 is 2.19 bits per heavy atom. The molecule has 0 radical (unpaired) electrons. The van der Waals surface area contributed by atoms with Gasteiger partial charge >= 0.3 is 0 Å². The van der Waals surface area contributed by atoms with E-state index in [1.165, 1.54) is 12.1 Å². The lowest BCUT2D eigenvalue weighted by molar-refractivity contribution is 0.307. The van der Waals surface area contributed by atoms with Crippen LogP contribution in [-0.4, -0.2) is 20.6 Å². The maximum absolute atomic E-state index is 14.5. The highest BCUT2D eigenvalue weighted by molar-refractivity contribution is 5.87. The number of aromatic amines is 1. The molecule has 4 aromatic carbocycles. The molecule has 6 heteroatoms. The standard InChI is InChI=1S/C26H19FN4O/c27-21-15-19(14-20(16-21)26-28-30-31-29-26)22-10-4-5-11-23(22)24-12-6-7-13-25(24)32-17-18-8-2-1-3-9-18/h1-16H,17H2,(H,28,29,30,31). The van der Waals surface area contributed by atoms with Gasteiger partial charge in [0.05, 0.1) is 0 Å². The lowest BCUT2D eigenvalue weighted by Gasteiger charge is -2.15. The van der Waals surface area contributed by atoms with E-state index in [0.717, 1.165) is 33.6 Å². The third-order valence-corrected chi connectivity index (χ3v) is 5.15. The van der Waals surface area contributed by atoms with Gasteiger partial charge in [-0.25, -0.2) is 4.39 Å². The van der Waals surface area contributed by atoms with Gasteiger partial charge in [0.15, 0.2) is 0 Å². The number of nitrogens with one attached hydrogen (secondary N) is 1. The number of halogens is 1. The number of rotatable bonds is 6. The molecule has 1 aromatic heterocycles. The zero-order valence-electron chi connectivity index (χ0n) is 17.1. The Morgan fingerprint density at radius 2 is 1.41 bits per heavy atom. The van der Waals surface area contributed by atoms with E-state index in [-0.39, 0.29) is 5.82 Å². The fourth-order valence-electron chi connectivity index (χ4n) is 3.68. The second-order valence-electron chi connectivity index (χ2n) is 7.28. The van der Waals surface area contributed by atoms with Gasteiger partial charge in [-0.1, -0.05) is 72.8 Å². The Bertz CT molecular complexity index is 1340. The highest BCUT2D eigenvalue weighted by Crippen LogP contribution is 2.38. The first kappa shape index (κ1) is 19.6. The molecule has 0 spiro atoms. The van der Waals surface area contributed by atoms with Crippen molar-refractivity contribution in [2.24, 2.45) is 0 Å². The summed E-state index contributed by atoms with van der Waals surface area (Å²) in [5, 5.41) is 13.9. The smallest absolute Gasteiger partial charge is 0.204 e. The minimum atomic E-state index is -0.370. The number of ether oxygens (including phenoxy) is 1. The van der Waals surface area contributed by atoms with Crippen LogP contribution in [-0.2, 0) is 6.61 Å². The highest BCUT2D eigenvalue weighted by atomic mass is 19.1. The first-order valence-corrected chi connectivity index (χ1v) is 10.2. The molecule has 5 rings (SSSR count). The Labute approximate surface area is 184 Å². The molecule has 156 valence electrons. The van der Waals surface area contributed by atoms with Crippen molar-refractivity contribution >= 4 is 0 Å². The molecule has 1 N–H and O–H groups in total. The number of aromatic nitrogens is 4. The molecule has 0 bridgehead atoms. The Kier molecular flexibility index (Phi) is 5.41. The lowest BCUT2D eigenvalue weighted by atomic mass is 9.93. The zero-order chi connectivity index (χ0) is 21.8. The molecule has 5 nitrogen and oxygen atoms in total. The fraction of sp³-hybridized carbons (Fsp3) is 0.0385. The fourth-order valence-corrected chi connectivity index (χ4v) is 3.68. The summed E-state index contributed by atoms with van der Waals surface area (Å²) in [7, 11) is 0. The molecule has 0 saturated carbocycles. The van der Waals surface area contributed by atoms with Crippen LogP contribution < -0.4 is 4.74 Å². The summed E-state index contributed by atoms with van der Waals surface area (Å²) in [6.45, 7) is 0.460. The number of hydrogen-bond acceptors (Lipinski definition) is 4. The van der Waals surface area contributed by atoms with Crippen molar-refractivity contribution in [3.8, 4) is 39.4 Å². The highest BCUT2D eigenvalue weighted by Gasteiger charge is 2.14. The Hall–Kier alpha value is -4.32. The van der Waals surface area contributed by atoms with E-state index in [9.17, 15) is 4.39 Å². The van der Waals surface area contributed by atoms with Crippen molar-refractivity contribution < 1.29 is 9.13 Å². The number of benzene rings is 4. The lowest BCUT2D eigenvalue weighted by Crippen LogP contribution is -1.97. The van der Waals surface area contributed by atoms with Crippen LogP contribution >= 0.6 is 0 Å². The van der Waals surface area contributed by atoms with Gasteiger partial charge in [-0.05, 0) is 51.7 Å². The van der Waals surface area contributed by atoms with Gasteiger partial charge in [-0.15, -0.1) is 10.2 Å². The van der Waals surface area contributed by atoms with Crippen LogP contribution in [0, 0.1) is 5.82 Å². The summed E-state index contributed by atoms with van der Waals surface area (Å²) < 4.78 is 20.7. The van der Waals surface area contributed by atoms with Gasteiger partial charge in [-0.2, -0.15) is 5.21 Å². The van der Waals surface area contributed by atoms with Crippen LogP contribution in [0.1, 0.15) is 5.56 Å². The van der Waals surface area contributed by atoms with Crippen LogP contribution in [0.4, 0.5) is 4.39 Å². The molecular weight excluding hydrogens is 403 g/mol. The minimum Gasteiger partial charge on any atom is -0.488 e. The van der Waals surface area contributed by atoms with Crippen molar-refractivity contribution in [1.82, 2.24) is 20.6 Å². The average molecular weight is 422 g/mol. The van der Waals surface area contributed by atoms with Crippen molar-refractivity contribution in [3.05, 3.63) is 108 Å². The summed E-state index contributed by atoms with van der Waals surface area (Å²) in [4.78, 5) is 0. The molecule has 0 aliphatic rings. The van der Waals surface area contributed by atoms with E-state index in [4.69, 9.17) is 4.74 Å². The average Bonchev–Trinajstić information content (AvgIpc) is 3.38. The molecule has 0 aliphatic heterocycles. The summed E-state index contributed by atoms with van der Waals surface area (Å²) in [6, 6.07) is 30.6. The molecule has 0 unspecified atom stereocenters. The van der Waals surface area contributed by atoms with Crippen LogP contribution in [0.25, 0.3) is 33.6 Å². The van der Waals surface area contributed by atoms with Gasteiger partial charge < -0.3 is 4.74 Å². The molecule has 0 saturated heterocycles. The van der Waals surface area contributed by atoms with Gasteiger partial charge in [0.1, 0.15) is 18.2 Å². The van der Waals surface area contributed by atoms with Gasteiger partial charge in [0, 0.05) is 11.1 Å². The molecule has 0 amide bonds. The largest absolute Gasteiger partial charge is 0.488 e. The van der Waals surface area contributed by atoms with Gasteiger partial charge in [0.25, 0.3) is 0 Å². The predicted molar refractivity (Wildman–Crippen MR) is 121 cm³/mol. The first-order chi connectivity index (χ1) is 15.8. The summed E-state index contributed by atoms with van der Waals surface area (Å²) in [5.74, 6) is 0.735. The predicted octanol–water partition coefficient (Wildman–Crippen LogP) is 5.92. The van der Waals surface area contributed by atoms with E-state index >= 15 is 0 Å². The van der Waals surface area contributed by atoms with E-state index in [1.54, 1.807) is 0 Å². The quantitative estimate of drug-likeness (QED) is 0.369. The topological polar surface area (TPSA) is 63.7 Å². The maximum Gasteiger partial charge on any atom is 0.204 e. The maximum atomic E-state index is 14.5. The number of nitrogens with zero attached hydrogens (tertiary/aromatic N) is 3. The van der Waals surface area contributed by atoms with E-state index < -0.39 is 0 Å². The van der Waals surface area contributed by atoms with Crippen molar-refractivity contribution in [2.75, 3.05) is 0 Å². The van der Waals surface area contributed by atoms with E-state index in [2.05, 4.69) is 20.6 Å². The number of H-pyrrole nitrogens is 1. The van der Waals surface area contributed by atoms with Crippen LogP contribution in [0.2, 0.25) is 0 Å². The van der Waals surface area contributed by atoms with Crippen molar-refractivity contribution in [2.45, 2.75) is 6.61 Å². The third-order valence-electron chi connectivity index (χ3n) is 5.15.